The molecule has 0 bridgehead atoms. The number of aryl methyl sites for hydroxylation is 1. The van der Waals surface area contributed by atoms with Crippen molar-refractivity contribution in [2.45, 2.75) is 52.5 Å². The van der Waals surface area contributed by atoms with E-state index in [0.717, 1.165) is 31.4 Å². The highest BCUT2D eigenvalue weighted by atomic mass is 16.5. The number of amides is 1. The van der Waals surface area contributed by atoms with E-state index in [4.69, 9.17) is 4.74 Å². The fraction of sp³-hybridized carbons (Fsp3) is 0.579. The van der Waals surface area contributed by atoms with Gasteiger partial charge in [-0.1, -0.05) is 26.0 Å². The quantitative estimate of drug-likeness (QED) is 0.702. The molecule has 0 atom stereocenters. The monoisotopic (exact) mass is 317 g/mol. The lowest BCUT2D eigenvalue weighted by atomic mass is 10.1. The number of benzene rings is 1. The molecule has 2 rings (SSSR count). The molecule has 23 heavy (non-hydrogen) atoms. The Bertz CT molecular complexity index is 532. The van der Waals surface area contributed by atoms with Crippen LogP contribution in [0.15, 0.2) is 24.3 Å². The van der Waals surface area contributed by atoms with Crippen LogP contribution in [0.3, 0.4) is 0 Å². The van der Waals surface area contributed by atoms with Crippen LogP contribution in [0.25, 0.3) is 0 Å². The molecule has 0 aliphatic heterocycles. The van der Waals surface area contributed by atoms with Gasteiger partial charge in [-0.3, -0.25) is 4.79 Å². The second-order valence-electron chi connectivity index (χ2n) is 6.81. The summed E-state index contributed by atoms with van der Waals surface area (Å²) in [5, 5.41) is 0. The van der Waals surface area contributed by atoms with Crippen LogP contribution in [0.5, 0.6) is 5.75 Å². The molecule has 0 spiro atoms. The minimum absolute atomic E-state index is 0.0712. The van der Waals surface area contributed by atoms with Crippen molar-refractivity contribution in [2.24, 2.45) is 5.92 Å². The Morgan fingerprint density at radius 3 is 2.39 bits per heavy atom. The van der Waals surface area contributed by atoms with Gasteiger partial charge in [-0.05, 0) is 49.8 Å². The molecule has 0 saturated heterocycles. The first-order chi connectivity index (χ1) is 11.0. The lowest BCUT2D eigenvalue weighted by molar-refractivity contribution is -0.134. The van der Waals surface area contributed by atoms with E-state index in [1.54, 1.807) is 6.92 Å². The van der Waals surface area contributed by atoms with Crippen LogP contribution in [-0.4, -0.2) is 35.8 Å². The molecule has 1 aliphatic rings. The third-order valence-electron chi connectivity index (χ3n) is 3.92. The molecule has 1 aromatic carbocycles. The van der Waals surface area contributed by atoms with Crippen LogP contribution in [0, 0.1) is 5.92 Å². The summed E-state index contributed by atoms with van der Waals surface area (Å²) in [6.45, 7) is 6.76. The van der Waals surface area contributed by atoms with Crippen molar-refractivity contribution in [3.05, 3.63) is 29.8 Å². The van der Waals surface area contributed by atoms with E-state index in [-0.39, 0.29) is 18.3 Å². The number of rotatable bonds is 9. The molecule has 4 heteroatoms. The number of carbonyl (C=O) groups excluding carboxylic acids is 2. The Morgan fingerprint density at radius 2 is 1.87 bits per heavy atom. The molecule has 4 nitrogen and oxygen atoms in total. The first-order valence-corrected chi connectivity index (χ1v) is 8.46. The summed E-state index contributed by atoms with van der Waals surface area (Å²) in [5.74, 6) is 1.44. The maximum absolute atomic E-state index is 12.3. The van der Waals surface area contributed by atoms with Crippen molar-refractivity contribution in [1.29, 1.82) is 0 Å². The molecule has 126 valence electrons. The number of Topliss-reactive ketones (excluding diaryl/α,β-unsaturated/α-hetero) is 1. The number of hydrogen-bond acceptors (Lipinski definition) is 3. The average Bonchev–Trinajstić information content (AvgIpc) is 3.33. The smallest absolute Gasteiger partial charge is 0.260 e. The van der Waals surface area contributed by atoms with Gasteiger partial charge in [-0.15, -0.1) is 0 Å². The molecule has 0 radical (unpaired) electrons. The van der Waals surface area contributed by atoms with Gasteiger partial charge < -0.3 is 14.4 Å². The van der Waals surface area contributed by atoms with E-state index in [1.807, 2.05) is 29.2 Å². The number of ether oxygens (including phenoxy) is 1. The Hall–Kier alpha value is -1.84. The number of carbonyl (C=O) groups is 2. The summed E-state index contributed by atoms with van der Waals surface area (Å²) in [4.78, 5) is 25.3. The highest BCUT2D eigenvalue weighted by molar-refractivity contribution is 5.78. The molecule has 0 aromatic heterocycles. The molecular weight excluding hydrogens is 290 g/mol. The van der Waals surface area contributed by atoms with Crippen LogP contribution in [0.1, 0.15) is 45.6 Å². The Labute approximate surface area is 138 Å². The fourth-order valence-electron chi connectivity index (χ4n) is 2.53. The summed E-state index contributed by atoms with van der Waals surface area (Å²) in [5.41, 5.74) is 1.11. The van der Waals surface area contributed by atoms with Gasteiger partial charge in [0.1, 0.15) is 11.5 Å². The zero-order chi connectivity index (χ0) is 16.8. The van der Waals surface area contributed by atoms with E-state index >= 15 is 0 Å². The van der Waals surface area contributed by atoms with Gasteiger partial charge >= 0.3 is 0 Å². The van der Waals surface area contributed by atoms with Gasteiger partial charge in [0.15, 0.2) is 6.61 Å². The van der Waals surface area contributed by atoms with Crippen molar-refractivity contribution >= 4 is 11.7 Å². The Morgan fingerprint density at radius 1 is 1.22 bits per heavy atom. The molecule has 1 aromatic rings. The third-order valence-corrected chi connectivity index (χ3v) is 3.92. The molecule has 0 heterocycles. The van der Waals surface area contributed by atoms with Crippen LogP contribution in [0.2, 0.25) is 0 Å². The van der Waals surface area contributed by atoms with Gasteiger partial charge in [-0.2, -0.15) is 0 Å². The van der Waals surface area contributed by atoms with E-state index in [9.17, 15) is 9.59 Å². The number of nitrogens with zero attached hydrogens (tertiary/aromatic N) is 1. The molecule has 0 N–H and O–H groups in total. The summed E-state index contributed by atoms with van der Waals surface area (Å²) in [7, 11) is 0. The minimum Gasteiger partial charge on any atom is -0.484 e. The average molecular weight is 317 g/mol. The van der Waals surface area contributed by atoms with E-state index < -0.39 is 0 Å². The lowest BCUT2D eigenvalue weighted by Gasteiger charge is -2.24. The summed E-state index contributed by atoms with van der Waals surface area (Å²) >= 11 is 0. The van der Waals surface area contributed by atoms with E-state index in [2.05, 4.69) is 13.8 Å². The Balaban J connectivity index is 1.82. The molecule has 0 unspecified atom stereocenters. The van der Waals surface area contributed by atoms with Crippen molar-refractivity contribution in [3.63, 3.8) is 0 Å². The topological polar surface area (TPSA) is 46.6 Å². The van der Waals surface area contributed by atoms with Crippen LogP contribution in [0.4, 0.5) is 0 Å². The van der Waals surface area contributed by atoms with Crippen molar-refractivity contribution in [2.75, 3.05) is 13.2 Å². The predicted octanol–water partition coefficient (Wildman–Crippen LogP) is 3.23. The first-order valence-electron chi connectivity index (χ1n) is 8.46. The summed E-state index contributed by atoms with van der Waals surface area (Å²) < 4.78 is 5.63. The summed E-state index contributed by atoms with van der Waals surface area (Å²) in [6, 6.07) is 8.06. The number of hydrogen-bond donors (Lipinski definition) is 0. The van der Waals surface area contributed by atoms with Gasteiger partial charge in [0, 0.05) is 19.0 Å². The molecule has 1 fully saturated rings. The third kappa shape index (κ3) is 6.05. The van der Waals surface area contributed by atoms with Crippen molar-refractivity contribution in [3.8, 4) is 5.75 Å². The maximum atomic E-state index is 12.3. The van der Waals surface area contributed by atoms with Gasteiger partial charge in [0.25, 0.3) is 5.91 Å². The maximum Gasteiger partial charge on any atom is 0.260 e. The fourth-order valence-corrected chi connectivity index (χ4v) is 2.53. The van der Waals surface area contributed by atoms with Crippen molar-refractivity contribution < 1.29 is 14.3 Å². The zero-order valence-corrected chi connectivity index (χ0v) is 14.4. The van der Waals surface area contributed by atoms with Crippen LogP contribution >= 0.6 is 0 Å². The van der Waals surface area contributed by atoms with Crippen LogP contribution < -0.4 is 4.74 Å². The van der Waals surface area contributed by atoms with Crippen LogP contribution in [-0.2, 0) is 16.0 Å². The second-order valence-corrected chi connectivity index (χ2v) is 6.81. The molecule has 1 saturated carbocycles. The minimum atomic E-state index is 0.0712. The largest absolute Gasteiger partial charge is 0.484 e. The number of ketones is 1. The van der Waals surface area contributed by atoms with Gasteiger partial charge in [0.05, 0.1) is 0 Å². The van der Waals surface area contributed by atoms with Gasteiger partial charge in [0.2, 0.25) is 0 Å². The highest BCUT2D eigenvalue weighted by Gasteiger charge is 2.32. The SMILES string of the molecule is CC(=O)CCc1ccc(OCC(=O)N(CC(C)C)C2CC2)cc1. The predicted molar refractivity (Wildman–Crippen MR) is 90.5 cm³/mol. The molecule has 1 amide bonds. The molecular formula is C19H27NO3. The van der Waals surface area contributed by atoms with Crippen molar-refractivity contribution in [1.82, 2.24) is 4.90 Å². The zero-order valence-electron chi connectivity index (χ0n) is 14.4. The highest BCUT2D eigenvalue weighted by Crippen LogP contribution is 2.27. The standard InChI is InChI=1S/C19H27NO3/c1-14(2)12-20(17-8-9-17)19(22)13-23-18-10-6-16(7-11-18)5-4-15(3)21/h6-7,10-11,14,17H,4-5,8-9,12-13H2,1-3H3. The van der Waals surface area contributed by atoms with E-state index in [0.29, 0.717) is 24.1 Å². The van der Waals surface area contributed by atoms with Gasteiger partial charge in [-0.25, -0.2) is 0 Å². The molecule has 1 aliphatic carbocycles. The normalized spacial score (nSPS) is 13.9. The summed E-state index contributed by atoms with van der Waals surface area (Å²) in [6.07, 6.45) is 3.54. The van der Waals surface area contributed by atoms with E-state index in [1.165, 1.54) is 0 Å². The Kier molecular flexibility index (Phi) is 6.20. The lowest BCUT2D eigenvalue weighted by Crippen LogP contribution is -2.39. The second kappa shape index (κ2) is 8.14. The first kappa shape index (κ1) is 17.5.